The van der Waals surface area contributed by atoms with E-state index in [0.717, 1.165) is 0 Å². The summed E-state index contributed by atoms with van der Waals surface area (Å²) in [6.45, 7) is 0. The van der Waals surface area contributed by atoms with Crippen molar-refractivity contribution in [2.75, 3.05) is 26.5 Å². The average Bonchev–Trinajstić information content (AvgIpc) is 2.76. The van der Waals surface area contributed by atoms with E-state index in [-0.39, 0.29) is 11.8 Å². The zero-order valence-corrected chi connectivity index (χ0v) is 12.7. The first-order valence-electron chi connectivity index (χ1n) is 6.14. The van der Waals surface area contributed by atoms with Gasteiger partial charge in [-0.05, 0) is 36.0 Å². The number of hydrogen-bond donors (Lipinski definition) is 1. The fraction of sp³-hybridized carbons (Fsp3) is 0.214. The normalized spacial score (nSPS) is 18.4. The largest absolute Gasteiger partial charge is 0.497 e. The predicted molar refractivity (Wildman–Crippen MR) is 83.4 cm³/mol. The summed E-state index contributed by atoms with van der Waals surface area (Å²) in [7, 11) is 4.80. The Labute approximate surface area is 126 Å². The van der Waals surface area contributed by atoms with Crippen molar-refractivity contribution in [1.29, 1.82) is 0 Å². The van der Waals surface area contributed by atoms with Crippen molar-refractivity contribution in [3.8, 4) is 5.75 Å². The Morgan fingerprint density at radius 3 is 2.57 bits per heavy atom. The van der Waals surface area contributed by atoms with Crippen LogP contribution in [-0.2, 0) is 9.59 Å². The Morgan fingerprint density at radius 1 is 1.38 bits per heavy atom. The molecule has 21 heavy (non-hydrogen) atoms. The van der Waals surface area contributed by atoms with Crippen molar-refractivity contribution in [1.82, 2.24) is 4.90 Å². The molecule has 6 nitrogen and oxygen atoms in total. The molecule has 1 aliphatic rings. The van der Waals surface area contributed by atoms with Gasteiger partial charge in [0.15, 0.2) is 5.17 Å². The number of ether oxygens (including phenoxy) is 1. The van der Waals surface area contributed by atoms with Crippen molar-refractivity contribution in [2.45, 2.75) is 0 Å². The van der Waals surface area contributed by atoms with Gasteiger partial charge >= 0.3 is 0 Å². The highest BCUT2D eigenvalue weighted by Crippen LogP contribution is 2.29. The van der Waals surface area contributed by atoms with E-state index < -0.39 is 0 Å². The second-order valence-electron chi connectivity index (χ2n) is 4.20. The van der Waals surface area contributed by atoms with Gasteiger partial charge in [0.1, 0.15) is 5.75 Å². The van der Waals surface area contributed by atoms with Gasteiger partial charge in [-0.15, -0.1) is 0 Å². The lowest BCUT2D eigenvalue weighted by Gasteiger charge is -2.05. The molecule has 0 spiro atoms. The quantitative estimate of drug-likeness (QED) is 0.863. The second-order valence-corrected chi connectivity index (χ2v) is 5.21. The third kappa shape index (κ3) is 3.43. The van der Waals surface area contributed by atoms with Gasteiger partial charge < -0.3 is 10.1 Å². The minimum absolute atomic E-state index is 0.231. The van der Waals surface area contributed by atoms with E-state index in [9.17, 15) is 9.59 Å². The van der Waals surface area contributed by atoms with E-state index in [0.29, 0.717) is 21.5 Å². The molecule has 0 aromatic heterocycles. The van der Waals surface area contributed by atoms with Gasteiger partial charge in [0, 0.05) is 25.9 Å². The first-order valence-corrected chi connectivity index (χ1v) is 6.96. The van der Waals surface area contributed by atoms with Crippen LogP contribution in [0.1, 0.15) is 0 Å². The number of aliphatic imine (C=N–C) groups is 1. The molecule has 0 radical (unpaired) electrons. The third-order valence-electron chi connectivity index (χ3n) is 2.81. The molecule has 1 saturated heterocycles. The Morgan fingerprint density at radius 2 is 2.05 bits per heavy atom. The minimum atomic E-state index is -0.359. The molecule has 0 atom stereocenters. The molecule has 1 N–H and O–H groups in total. The van der Waals surface area contributed by atoms with Gasteiger partial charge in [0.25, 0.3) is 5.91 Å². The first kappa shape index (κ1) is 15.1. The number of thioether (sulfide) groups is 1. The summed E-state index contributed by atoms with van der Waals surface area (Å²) in [5, 5.41) is 3.27. The molecule has 2 amide bonds. The van der Waals surface area contributed by atoms with E-state index in [1.54, 1.807) is 45.5 Å². The molecule has 1 fully saturated rings. The van der Waals surface area contributed by atoms with Crippen LogP contribution in [0.4, 0.5) is 5.69 Å². The first-order chi connectivity index (χ1) is 10.0. The SMILES string of the molecule is CN=C1S/C(=C\C(=O)Nc2ccc(OC)cc2)C(=O)N1C. The van der Waals surface area contributed by atoms with Crippen LogP contribution in [-0.4, -0.2) is 43.1 Å². The van der Waals surface area contributed by atoms with Crippen LogP contribution in [0.5, 0.6) is 5.75 Å². The molecule has 110 valence electrons. The number of benzene rings is 1. The molecule has 0 unspecified atom stereocenters. The molecule has 0 bridgehead atoms. The number of nitrogens with one attached hydrogen (secondary N) is 1. The predicted octanol–water partition coefficient (Wildman–Crippen LogP) is 1.71. The van der Waals surface area contributed by atoms with Crippen molar-refractivity contribution in [3.05, 3.63) is 35.2 Å². The Balaban J connectivity index is 2.07. The summed E-state index contributed by atoms with van der Waals surface area (Å²) in [5.74, 6) is 0.116. The molecule has 7 heteroatoms. The molecule has 0 saturated carbocycles. The van der Waals surface area contributed by atoms with Crippen molar-refractivity contribution in [3.63, 3.8) is 0 Å². The van der Waals surface area contributed by atoms with Crippen molar-refractivity contribution < 1.29 is 14.3 Å². The van der Waals surface area contributed by atoms with Gasteiger partial charge in [-0.2, -0.15) is 0 Å². The molecule has 1 aromatic rings. The number of carbonyl (C=O) groups is 2. The fourth-order valence-electron chi connectivity index (χ4n) is 1.72. The second kappa shape index (κ2) is 6.45. The number of amidine groups is 1. The number of methoxy groups -OCH3 is 1. The Hall–Kier alpha value is -2.28. The minimum Gasteiger partial charge on any atom is -0.497 e. The number of amides is 2. The van der Waals surface area contributed by atoms with Crippen LogP contribution in [0, 0.1) is 0 Å². The molecular formula is C14H15N3O3S. The van der Waals surface area contributed by atoms with E-state index >= 15 is 0 Å². The average molecular weight is 305 g/mol. The Bertz CT molecular complexity index is 623. The summed E-state index contributed by atoms with van der Waals surface area (Å²) in [4.78, 5) is 29.6. The molecule has 1 aliphatic heterocycles. The van der Waals surface area contributed by atoms with Crippen LogP contribution < -0.4 is 10.1 Å². The van der Waals surface area contributed by atoms with Gasteiger partial charge in [0.2, 0.25) is 5.91 Å². The summed E-state index contributed by atoms with van der Waals surface area (Å²) < 4.78 is 5.04. The fourth-order valence-corrected chi connectivity index (χ4v) is 2.62. The number of rotatable bonds is 3. The van der Waals surface area contributed by atoms with Gasteiger partial charge in [-0.3, -0.25) is 19.5 Å². The molecule has 2 rings (SSSR count). The standard InChI is InChI=1S/C14H15N3O3S/c1-15-14-17(2)13(19)11(21-14)8-12(18)16-9-4-6-10(20-3)7-5-9/h4-8H,1-3H3,(H,16,18)/b11-8-,15-14?. The van der Waals surface area contributed by atoms with Crippen molar-refractivity contribution in [2.24, 2.45) is 4.99 Å². The number of hydrogen-bond acceptors (Lipinski definition) is 5. The highest BCUT2D eigenvalue weighted by atomic mass is 32.2. The zero-order valence-electron chi connectivity index (χ0n) is 11.9. The number of nitrogens with zero attached hydrogens (tertiary/aromatic N) is 2. The van der Waals surface area contributed by atoms with E-state index in [1.807, 2.05) is 0 Å². The summed E-state index contributed by atoms with van der Waals surface area (Å²) in [6.07, 6.45) is 1.28. The highest BCUT2D eigenvalue weighted by Gasteiger charge is 2.30. The lowest BCUT2D eigenvalue weighted by atomic mass is 10.3. The van der Waals surface area contributed by atoms with Crippen molar-refractivity contribution >= 4 is 34.4 Å². The maximum Gasteiger partial charge on any atom is 0.266 e. The smallest absolute Gasteiger partial charge is 0.266 e. The number of anilines is 1. The van der Waals surface area contributed by atoms with E-state index in [1.165, 1.54) is 22.7 Å². The summed E-state index contributed by atoms with van der Waals surface area (Å²) in [6, 6.07) is 6.94. The Kier molecular flexibility index (Phi) is 4.64. The zero-order chi connectivity index (χ0) is 15.4. The van der Waals surface area contributed by atoms with Crippen LogP contribution in [0.15, 0.2) is 40.2 Å². The summed E-state index contributed by atoms with van der Waals surface area (Å²) >= 11 is 1.18. The van der Waals surface area contributed by atoms with E-state index in [4.69, 9.17) is 4.74 Å². The molecule has 1 heterocycles. The summed E-state index contributed by atoms with van der Waals surface area (Å²) in [5.41, 5.74) is 0.630. The van der Waals surface area contributed by atoms with Crippen LogP contribution in [0.2, 0.25) is 0 Å². The lowest BCUT2D eigenvalue weighted by Crippen LogP contribution is -2.24. The molecule has 0 aliphatic carbocycles. The maximum absolute atomic E-state index is 11.9. The van der Waals surface area contributed by atoms with Crippen LogP contribution in [0.3, 0.4) is 0 Å². The monoisotopic (exact) mass is 305 g/mol. The van der Waals surface area contributed by atoms with Gasteiger partial charge in [-0.1, -0.05) is 0 Å². The van der Waals surface area contributed by atoms with Crippen LogP contribution >= 0.6 is 11.8 Å². The molecular weight excluding hydrogens is 290 g/mol. The highest BCUT2D eigenvalue weighted by molar-refractivity contribution is 8.18. The van der Waals surface area contributed by atoms with Crippen LogP contribution in [0.25, 0.3) is 0 Å². The third-order valence-corrected chi connectivity index (χ3v) is 3.97. The number of carbonyl (C=O) groups excluding carboxylic acids is 2. The number of likely N-dealkylation sites (N-methyl/N-ethyl adjacent to an activating group) is 1. The lowest BCUT2D eigenvalue weighted by molar-refractivity contribution is -0.121. The topological polar surface area (TPSA) is 71.0 Å². The maximum atomic E-state index is 11.9. The molecule has 1 aromatic carbocycles. The van der Waals surface area contributed by atoms with Gasteiger partial charge in [-0.25, -0.2) is 0 Å². The van der Waals surface area contributed by atoms with E-state index in [2.05, 4.69) is 10.3 Å². The van der Waals surface area contributed by atoms with Gasteiger partial charge in [0.05, 0.1) is 12.0 Å².